The van der Waals surface area contributed by atoms with Gasteiger partial charge in [-0.05, 0) is 24.6 Å². The first-order valence-corrected chi connectivity index (χ1v) is 10.5. The van der Waals surface area contributed by atoms with Crippen LogP contribution in [0.15, 0.2) is 18.2 Å². The number of carbonyl (C=O) groups is 2. The summed E-state index contributed by atoms with van der Waals surface area (Å²) in [5, 5.41) is 3.43. The van der Waals surface area contributed by atoms with E-state index < -0.39 is 0 Å². The van der Waals surface area contributed by atoms with Crippen LogP contribution in [0.5, 0.6) is 0 Å². The summed E-state index contributed by atoms with van der Waals surface area (Å²) >= 11 is 6.16. The molecule has 3 rings (SSSR count). The lowest BCUT2D eigenvalue weighted by molar-refractivity contribution is -0.898. The number of nitrogens with zero attached hydrogens (tertiary/aromatic N) is 2. The van der Waals surface area contributed by atoms with Crippen molar-refractivity contribution in [3.05, 3.63) is 28.8 Å². The zero-order chi connectivity index (χ0) is 20.1. The maximum atomic E-state index is 12.7. The van der Waals surface area contributed by atoms with E-state index in [9.17, 15) is 9.59 Å². The SMILES string of the molecule is CNC(=O)C[NH+]1CCN(C(=O)C[NH+]2CCN(c3cc(Cl)ccc3C)CC2)CC1. The molecule has 8 heteroatoms. The maximum absolute atomic E-state index is 12.7. The van der Waals surface area contributed by atoms with Crippen molar-refractivity contribution in [1.29, 1.82) is 0 Å². The molecule has 2 heterocycles. The molecule has 2 fully saturated rings. The summed E-state index contributed by atoms with van der Waals surface area (Å²) in [6.45, 7) is 10.1. The molecule has 0 spiro atoms. The molecule has 0 atom stereocenters. The van der Waals surface area contributed by atoms with E-state index in [-0.39, 0.29) is 11.8 Å². The predicted octanol–water partition coefficient (Wildman–Crippen LogP) is -2.17. The standard InChI is InChI=1S/C20H30ClN5O2/c1-16-3-4-17(21)13-18(16)25-9-5-24(6-10-25)15-20(28)26-11-7-23(8-12-26)14-19(27)22-2/h3-4,13H,5-12,14-15H2,1-2H3,(H,22,27)/p+2. The van der Waals surface area contributed by atoms with Gasteiger partial charge in [0.1, 0.15) is 0 Å². The summed E-state index contributed by atoms with van der Waals surface area (Å²) in [5.74, 6) is 0.299. The first-order chi connectivity index (χ1) is 13.5. The number of aryl methyl sites for hydroxylation is 1. The van der Waals surface area contributed by atoms with E-state index in [0.29, 0.717) is 13.1 Å². The second kappa shape index (κ2) is 9.58. The Morgan fingerprint density at radius 1 is 1.04 bits per heavy atom. The molecule has 3 N–H and O–H groups in total. The quantitative estimate of drug-likeness (QED) is 0.518. The first-order valence-electron chi connectivity index (χ1n) is 10.1. The van der Waals surface area contributed by atoms with Gasteiger partial charge in [0.15, 0.2) is 13.1 Å². The normalized spacial score (nSPS) is 19.0. The van der Waals surface area contributed by atoms with Crippen molar-refractivity contribution in [3.8, 4) is 0 Å². The van der Waals surface area contributed by atoms with E-state index in [1.807, 2.05) is 17.0 Å². The van der Waals surface area contributed by atoms with Crippen LogP contribution in [0.1, 0.15) is 5.56 Å². The van der Waals surface area contributed by atoms with Crippen molar-refractivity contribution in [2.24, 2.45) is 0 Å². The van der Waals surface area contributed by atoms with Crippen molar-refractivity contribution in [2.75, 3.05) is 77.4 Å². The Kier molecular flexibility index (Phi) is 7.15. The number of nitrogens with one attached hydrogen (secondary N) is 3. The van der Waals surface area contributed by atoms with Gasteiger partial charge in [0, 0.05) is 17.8 Å². The lowest BCUT2D eigenvalue weighted by Gasteiger charge is -2.36. The van der Waals surface area contributed by atoms with Crippen LogP contribution in [0.3, 0.4) is 0 Å². The molecule has 154 valence electrons. The van der Waals surface area contributed by atoms with Crippen molar-refractivity contribution < 1.29 is 19.4 Å². The number of quaternary nitrogens is 2. The van der Waals surface area contributed by atoms with Gasteiger partial charge >= 0.3 is 0 Å². The molecule has 0 aromatic heterocycles. The lowest BCUT2D eigenvalue weighted by atomic mass is 10.1. The van der Waals surface area contributed by atoms with Gasteiger partial charge in [-0.25, -0.2) is 0 Å². The number of carbonyl (C=O) groups excluding carboxylic acids is 2. The van der Waals surface area contributed by atoms with E-state index in [2.05, 4.69) is 23.2 Å². The van der Waals surface area contributed by atoms with Gasteiger partial charge in [0.2, 0.25) is 0 Å². The summed E-state index contributed by atoms with van der Waals surface area (Å²) in [6.07, 6.45) is 0. The van der Waals surface area contributed by atoms with Crippen LogP contribution in [0.2, 0.25) is 5.02 Å². The van der Waals surface area contributed by atoms with E-state index in [1.165, 1.54) is 21.1 Å². The lowest BCUT2D eigenvalue weighted by Crippen LogP contribution is -3.17. The average Bonchev–Trinajstić information content (AvgIpc) is 2.71. The molecular formula is C20H32ClN5O2+2. The van der Waals surface area contributed by atoms with Crippen LogP contribution in [0.4, 0.5) is 5.69 Å². The second-order valence-corrected chi connectivity index (χ2v) is 8.26. The Hall–Kier alpha value is -1.83. The Balaban J connectivity index is 1.43. The van der Waals surface area contributed by atoms with Crippen molar-refractivity contribution >= 4 is 29.1 Å². The molecule has 0 radical (unpaired) electrons. The van der Waals surface area contributed by atoms with Crippen LogP contribution >= 0.6 is 11.6 Å². The third-order valence-electron chi connectivity index (χ3n) is 5.90. The summed E-state index contributed by atoms with van der Waals surface area (Å²) in [5.41, 5.74) is 2.44. The third kappa shape index (κ3) is 5.37. The third-order valence-corrected chi connectivity index (χ3v) is 6.13. The van der Waals surface area contributed by atoms with Gasteiger partial charge < -0.3 is 24.9 Å². The number of amides is 2. The number of hydrogen-bond acceptors (Lipinski definition) is 3. The molecule has 2 aliphatic rings. The summed E-state index contributed by atoms with van der Waals surface area (Å²) < 4.78 is 0. The van der Waals surface area contributed by atoms with Crippen LogP contribution < -0.4 is 20.0 Å². The van der Waals surface area contributed by atoms with Crippen LogP contribution in [-0.2, 0) is 9.59 Å². The first kappa shape index (κ1) is 20.9. The largest absolute Gasteiger partial charge is 0.360 e. The Morgan fingerprint density at radius 2 is 1.64 bits per heavy atom. The van der Waals surface area contributed by atoms with E-state index in [1.54, 1.807) is 7.05 Å². The molecule has 2 saturated heterocycles. The van der Waals surface area contributed by atoms with Crippen molar-refractivity contribution in [3.63, 3.8) is 0 Å². The smallest absolute Gasteiger partial charge is 0.278 e. The fourth-order valence-corrected chi connectivity index (χ4v) is 4.22. The predicted molar refractivity (Wildman–Crippen MR) is 110 cm³/mol. The number of rotatable bonds is 5. The number of likely N-dealkylation sites (N-methyl/N-ethyl adjacent to an activating group) is 1. The maximum Gasteiger partial charge on any atom is 0.278 e. The molecule has 0 bridgehead atoms. The number of halogens is 1. The van der Waals surface area contributed by atoms with Gasteiger partial charge in [-0.3, -0.25) is 9.59 Å². The van der Waals surface area contributed by atoms with Gasteiger partial charge in [-0.2, -0.15) is 0 Å². The van der Waals surface area contributed by atoms with Gasteiger partial charge in [-0.1, -0.05) is 17.7 Å². The van der Waals surface area contributed by atoms with Gasteiger partial charge in [0.25, 0.3) is 11.8 Å². The highest BCUT2D eigenvalue weighted by Crippen LogP contribution is 2.24. The minimum Gasteiger partial charge on any atom is -0.360 e. The molecule has 0 unspecified atom stereocenters. The highest BCUT2D eigenvalue weighted by Gasteiger charge is 2.29. The number of benzene rings is 1. The van der Waals surface area contributed by atoms with Crippen molar-refractivity contribution in [1.82, 2.24) is 10.2 Å². The molecule has 2 aliphatic heterocycles. The van der Waals surface area contributed by atoms with E-state index in [4.69, 9.17) is 11.6 Å². The summed E-state index contributed by atoms with van der Waals surface area (Å²) in [7, 11) is 1.66. The molecule has 28 heavy (non-hydrogen) atoms. The van der Waals surface area contributed by atoms with Crippen LogP contribution in [0.25, 0.3) is 0 Å². The monoisotopic (exact) mass is 409 g/mol. The number of piperazine rings is 2. The molecule has 0 aliphatic carbocycles. The number of anilines is 1. The van der Waals surface area contributed by atoms with Crippen molar-refractivity contribution in [2.45, 2.75) is 6.92 Å². The van der Waals surface area contributed by atoms with Crippen LogP contribution in [-0.4, -0.2) is 89.2 Å². The Labute approximate surface area is 172 Å². The fourth-order valence-electron chi connectivity index (χ4n) is 4.05. The minimum atomic E-state index is 0.0621. The van der Waals surface area contributed by atoms with E-state index >= 15 is 0 Å². The zero-order valence-electron chi connectivity index (χ0n) is 16.9. The molecule has 1 aromatic carbocycles. The summed E-state index contributed by atoms with van der Waals surface area (Å²) in [4.78, 5) is 31.1. The molecule has 0 saturated carbocycles. The van der Waals surface area contributed by atoms with Gasteiger partial charge in [-0.15, -0.1) is 0 Å². The average molecular weight is 410 g/mol. The Bertz CT molecular complexity index is 698. The zero-order valence-corrected chi connectivity index (χ0v) is 17.6. The van der Waals surface area contributed by atoms with Gasteiger partial charge in [0.05, 0.1) is 52.4 Å². The highest BCUT2D eigenvalue weighted by atomic mass is 35.5. The second-order valence-electron chi connectivity index (χ2n) is 7.83. The minimum absolute atomic E-state index is 0.0621. The Morgan fingerprint density at radius 3 is 2.29 bits per heavy atom. The summed E-state index contributed by atoms with van der Waals surface area (Å²) in [6, 6.07) is 6.02. The number of hydrogen-bond donors (Lipinski definition) is 3. The molecule has 7 nitrogen and oxygen atoms in total. The fraction of sp³-hybridized carbons (Fsp3) is 0.600. The molecular weight excluding hydrogens is 378 g/mol. The highest BCUT2D eigenvalue weighted by molar-refractivity contribution is 6.30. The molecule has 2 amide bonds. The van der Waals surface area contributed by atoms with Crippen LogP contribution in [0, 0.1) is 6.92 Å². The molecule has 1 aromatic rings. The topological polar surface area (TPSA) is 61.5 Å². The van der Waals surface area contributed by atoms with E-state index in [0.717, 1.165) is 57.4 Å².